The molecular weight excluding hydrogens is 154 g/mol. The van der Waals surface area contributed by atoms with Crippen LogP contribution in [0.1, 0.15) is 39.5 Å². The Bertz CT molecular complexity index is 134. The van der Waals surface area contributed by atoms with Crippen molar-refractivity contribution in [1.82, 2.24) is 5.06 Å². The first-order valence-corrected chi connectivity index (χ1v) is 4.59. The summed E-state index contributed by atoms with van der Waals surface area (Å²) in [5.74, 6) is -0.161. The molecule has 0 aliphatic carbocycles. The van der Waals surface area contributed by atoms with E-state index < -0.39 is 0 Å². The van der Waals surface area contributed by atoms with E-state index >= 15 is 0 Å². The maximum atomic E-state index is 11.3. The predicted molar refractivity (Wildman–Crippen MR) is 47.9 cm³/mol. The van der Waals surface area contributed by atoms with Crippen LogP contribution in [0.5, 0.6) is 0 Å². The second kappa shape index (κ2) is 6.00. The molecule has 1 N–H and O–H groups in total. The van der Waals surface area contributed by atoms with E-state index in [1.807, 2.05) is 6.92 Å². The third kappa shape index (κ3) is 3.72. The van der Waals surface area contributed by atoms with Crippen LogP contribution in [-0.4, -0.2) is 23.2 Å². The van der Waals surface area contributed by atoms with Gasteiger partial charge < -0.3 is 0 Å². The highest BCUT2D eigenvalue weighted by Gasteiger charge is 2.18. The van der Waals surface area contributed by atoms with Gasteiger partial charge in [0.1, 0.15) is 0 Å². The first-order chi connectivity index (χ1) is 5.63. The number of carbonyl (C=O) groups is 1. The fraction of sp³-hybridized carbons (Fsp3) is 0.889. The van der Waals surface area contributed by atoms with Gasteiger partial charge in [-0.2, -0.15) is 0 Å². The van der Waals surface area contributed by atoms with Crippen LogP contribution in [0.2, 0.25) is 0 Å². The zero-order valence-electron chi connectivity index (χ0n) is 8.21. The Balaban J connectivity index is 3.88. The summed E-state index contributed by atoms with van der Waals surface area (Å²) in [5, 5.41) is 9.60. The van der Waals surface area contributed by atoms with Crippen LogP contribution in [0, 0.1) is 5.92 Å². The van der Waals surface area contributed by atoms with Gasteiger partial charge in [0.25, 0.3) is 0 Å². The van der Waals surface area contributed by atoms with Crippen molar-refractivity contribution in [2.75, 3.05) is 7.05 Å². The molecule has 3 nitrogen and oxygen atoms in total. The summed E-state index contributed by atoms with van der Waals surface area (Å²) in [6, 6.07) is 0. The summed E-state index contributed by atoms with van der Waals surface area (Å²) in [6.07, 6.45) is 3.84. The zero-order valence-corrected chi connectivity index (χ0v) is 8.21. The summed E-state index contributed by atoms with van der Waals surface area (Å²) in [7, 11) is 1.39. The minimum atomic E-state index is -0.161. The molecular formula is C9H19NO2. The molecule has 0 saturated heterocycles. The number of nitrogens with zero attached hydrogens (tertiary/aromatic N) is 1. The molecule has 12 heavy (non-hydrogen) atoms. The van der Waals surface area contributed by atoms with Crippen molar-refractivity contribution in [3.8, 4) is 0 Å². The standard InChI is InChI=1S/C9H19NO2/c1-4-6-7-8(5-2)9(11)10(3)12/h8,12H,4-7H2,1-3H3. The minimum absolute atomic E-state index is 0.0000463. The molecule has 0 aliphatic heterocycles. The van der Waals surface area contributed by atoms with Crippen LogP contribution < -0.4 is 0 Å². The van der Waals surface area contributed by atoms with Crippen LogP contribution >= 0.6 is 0 Å². The molecule has 0 radical (unpaired) electrons. The zero-order chi connectivity index (χ0) is 9.56. The van der Waals surface area contributed by atoms with Gasteiger partial charge in [-0.1, -0.05) is 26.7 Å². The lowest BCUT2D eigenvalue weighted by Crippen LogP contribution is -2.29. The molecule has 0 saturated carbocycles. The summed E-state index contributed by atoms with van der Waals surface area (Å²) in [6.45, 7) is 4.07. The third-order valence-electron chi connectivity index (χ3n) is 2.07. The number of hydrogen-bond donors (Lipinski definition) is 1. The molecule has 1 atom stereocenters. The maximum Gasteiger partial charge on any atom is 0.248 e. The van der Waals surface area contributed by atoms with Gasteiger partial charge in [0, 0.05) is 13.0 Å². The Morgan fingerprint density at radius 3 is 2.42 bits per heavy atom. The molecule has 0 bridgehead atoms. The summed E-state index contributed by atoms with van der Waals surface area (Å²) in [5.41, 5.74) is 0. The molecule has 72 valence electrons. The third-order valence-corrected chi connectivity index (χ3v) is 2.07. The lowest BCUT2D eigenvalue weighted by atomic mass is 9.98. The molecule has 0 aromatic rings. The summed E-state index contributed by atoms with van der Waals surface area (Å²) < 4.78 is 0. The highest BCUT2D eigenvalue weighted by atomic mass is 16.5. The Labute approximate surface area is 74.3 Å². The molecule has 0 aliphatic rings. The van der Waals surface area contributed by atoms with Gasteiger partial charge in [0.15, 0.2) is 0 Å². The molecule has 0 aromatic heterocycles. The van der Waals surface area contributed by atoms with Crippen molar-refractivity contribution in [3.63, 3.8) is 0 Å². The van der Waals surface area contributed by atoms with E-state index in [1.54, 1.807) is 0 Å². The molecule has 1 amide bonds. The average Bonchev–Trinajstić information content (AvgIpc) is 2.05. The van der Waals surface area contributed by atoms with E-state index in [-0.39, 0.29) is 11.8 Å². The van der Waals surface area contributed by atoms with Gasteiger partial charge in [0.05, 0.1) is 0 Å². The number of hydroxylamine groups is 2. The molecule has 1 unspecified atom stereocenters. The van der Waals surface area contributed by atoms with Gasteiger partial charge >= 0.3 is 0 Å². The minimum Gasteiger partial charge on any atom is -0.286 e. The molecule has 0 aromatic carbocycles. The fourth-order valence-electron chi connectivity index (χ4n) is 1.22. The van der Waals surface area contributed by atoms with E-state index in [2.05, 4.69) is 6.92 Å². The molecule has 0 rings (SSSR count). The van der Waals surface area contributed by atoms with Crippen LogP contribution in [0.15, 0.2) is 0 Å². The van der Waals surface area contributed by atoms with Gasteiger partial charge in [-0.25, -0.2) is 5.06 Å². The van der Waals surface area contributed by atoms with Crippen molar-refractivity contribution in [2.24, 2.45) is 5.92 Å². The number of carbonyl (C=O) groups excluding carboxylic acids is 1. The van der Waals surface area contributed by atoms with Crippen molar-refractivity contribution in [2.45, 2.75) is 39.5 Å². The van der Waals surface area contributed by atoms with Crippen molar-refractivity contribution in [3.05, 3.63) is 0 Å². The number of hydrogen-bond acceptors (Lipinski definition) is 2. The van der Waals surface area contributed by atoms with Crippen LogP contribution in [0.4, 0.5) is 0 Å². The van der Waals surface area contributed by atoms with E-state index in [4.69, 9.17) is 5.21 Å². The van der Waals surface area contributed by atoms with E-state index in [1.165, 1.54) is 7.05 Å². The van der Waals surface area contributed by atoms with Crippen molar-refractivity contribution in [1.29, 1.82) is 0 Å². The van der Waals surface area contributed by atoms with E-state index in [0.29, 0.717) is 5.06 Å². The lowest BCUT2D eigenvalue weighted by Gasteiger charge is -2.16. The summed E-state index contributed by atoms with van der Waals surface area (Å²) in [4.78, 5) is 11.3. The Morgan fingerprint density at radius 1 is 1.50 bits per heavy atom. The second-order valence-corrected chi connectivity index (χ2v) is 3.11. The van der Waals surface area contributed by atoms with Crippen molar-refractivity contribution < 1.29 is 10.0 Å². The summed E-state index contributed by atoms with van der Waals surface area (Å²) >= 11 is 0. The first-order valence-electron chi connectivity index (χ1n) is 4.59. The fourth-order valence-corrected chi connectivity index (χ4v) is 1.22. The predicted octanol–water partition coefficient (Wildman–Crippen LogP) is 2.05. The topological polar surface area (TPSA) is 40.5 Å². The Hall–Kier alpha value is -0.570. The number of rotatable bonds is 5. The van der Waals surface area contributed by atoms with Crippen LogP contribution in [0.25, 0.3) is 0 Å². The van der Waals surface area contributed by atoms with Gasteiger partial charge in [-0.05, 0) is 12.8 Å². The highest BCUT2D eigenvalue weighted by Crippen LogP contribution is 2.14. The lowest BCUT2D eigenvalue weighted by molar-refractivity contribution is -0.164. The SMILES string of the molecule is CCCCC(CC)C(=O)N(C)O. The normalized spacial score (nSPS) is 12.7. The molecule has 0 heterocycles. The first kappa shape index (κ1) is 11.4. The van der Waals surface area contributed by atoms with Gasteiger partial charge in [-0.15, -0.1) is 0 Å². The monoisotopic (exact) mass is 173 g/mol. The van der Waals surface area contributed by atoms with Crippen LogP contribution in [-0.2, 0) is 4.79 Å². The number of unbranched alkanes of at least 4 members (excludes halogenated alkanes) is 1. The second-order valence-electron chi connectivity index (χ2n) is 3.11. The van der Waals surface area contributed by atoms with E-state index in [9.17, 15) is 4.79 Å². The average molecular weight is 173 g/mol. The van der Waals surface area contributed by atoms with Gasteiger partial charge in [-0.3, -0.25) is 10.0 Å². The van der Waals surface area contributed by atoms with Gasteiger partial charge in [0.2, 0.25) is 5.91 Å². The Morgan fingerprint density at radius 2 is 2.08 bits per heavy atom. The highest BCUT2D eigenvalue weighted by molar-refractivity contribution is 5.77. The van der Waals surface area contributed by atoms with E-state index in [0.717, 1.165) is 25.7 Å². The largest absolute Gasteiger partial charge is 0.286 e. The maximum absolute atomic E-state index is 11.3. The molecule has 0 spiro atoms. The van der Waals surface area contributed by atoms with Crippen molar-refractivity contribution >= 4 is 5.91 Å². The molecule has 3 heteroatoms. The Kier molecular flexibility index (Phi) is 5.72. The number of amides is 1. The molecule has 0 fully saturated rings. The van der Waals surface area contributed by atoms with Crippen LogP contribution in [0.3, 0.4) is 0 Å². The smallest absolute Gasteiger partial charge is 0.248 e. The quantitative estimate of drug-likeness (QED) is 0.510.